The number of nitrogens with one attached hydrogen (secondary N) is 1. The highest BCUT2D eigenvalue weighted by Crippen LogP contribution is 1.95. The lowest BCUT2D eigenvalue weighted by Crippen LogP contribution is -2.43. The number of carbonyl (C=O) groups is 1. The molecule has 0 aliphatic carbocycles. The molecule has 1 N–H and O–H groups in total. The van der Waals surface area contributed by atoms with Crippen LogP contribution in [0.4, 0.5) is 0 Å². The quantitative estimate of drug-likeness (QED) is 0.620. The van der Waals surface area contributed by atoms with E-state index in [9.17, 15) is 4.79 Å². The summed E-state index contributed by atoms with van der Waals surface area (Å²) in [6, 6.07) is -0.0656. The second-order valence-electron chi connectivity index (χ2n) is 2.97. The van der Waals surface area contributed by atoms with Crippen molar-refractivity contribution in [3.8, 4) is 0 Å². The maximum atomic E-state index is 11.0. The molecule has 0 aromatic rings. The molecule has 1 unspecified atom stereocenters. The molecule has 2 atom stereocenters. The highest BCUT2D eigenvalue weighted by Gasteiger charge is 2.16. The Kier molecular flexibility index (Phi) is 6.54. The molecular weight excluding hydrogens is 170 g/mol. The normalized spacial score (nSPS) is 15.1. The molecular formula is C9H19NO3. The Morgan fingerprint density at radius 2 is 2.08 bits per heavy atom. The monoisotopic (exact) mass is 189 g/mol. The molecule has 0 aromatic heterocycles. The van der Waals surface area contributed by atoms with Crippen LogP contribution in [0.3, 0.4) is 0 Å². The summed E-state index contributed by atoms with van der Waals surface area (Å²) < 4.78 is 9.59. The highest BCUT2D eigenvalue weighted by molar-refractivity contribution is 5.75. The molecule has 0 bridgehead atoms. The van der Waals surface area contributed by atoms with Gasteiger partial charge < -0.3 is 9.47 Å². The van der Waals surface area contributed by atoms with Gasteiger partial charge in [0.15, 0.2) is 0 Å². The van der Waals surface area contributed by atoms with Gasteiger partial charge in [0, 0.05) is 13.2 Å². The highest BCUT2D eigenvalue weighted by atomic mass is 16.5. The molecule has 4 nitrogen and oxygen atoms in total. The number of rotatable bonds is 6. The van der Waals surface area contributed by atoms with Crippen LogP contribution in [0, 0.1) is 0 Å². The zero-order valence-electron chi connectivity index (χ0n) is 8.79. The van der Waals surface area contributed by atoms with Gasteiger partial charge in [-0.2, -0.15) is 0 Å². The van der Waals surface area contributed by atoms with Gasteiger partial charge in [-0.05, 0) is 13.3 Å². The van der Waals surface area contributed by atoms with Crippen LogP contribution in [0.25, 0.3) is 0 Å². The molecule has 0 saturated heterocycles. The molecule has 0 rings (SSSR count). The van der Waals surface area contributed by atoms with Crippen LogP contribution >= 0.6 is 0 Å². The predicted octanol–water partition coefficient (Wildman–Crippen LogP) is 0.562. The topological polar surface area (TPSA) is 47.6 Å². The molecule has 0 aliphatic rings. The van der Waals surface area contributed by atoms with Gasteiger partial charge in [0.1, 0.15) is 6.04 Å². The Hall–Kier alpha value is -0.610. The lowest BCUT2D eigenvalue weighted by Gasteiger charge is -2.19. The molecule has 0 fully saturated rings. The third-order valence-corrected chi connectivity index (χ3v) is 1.90. The maximum absolute atomic E-state index is 11.0. The minimum Gasteiger partial charge on any atom is -0.468 e. The Bertz CT molecular complexity index is 150. The van der Waals surface area contributed by atoms with E-state index in [1.807, 2.05) is 6.92 Å². The van der Waals surface area contributed by atoms with E-state index in [0.717, 1.165) is 6.42 Å². The summed E-state index contributed by atoms with van der Waals surface area (Å²) in [5.74, 6) is -0.241. The SMILES string of the molecule is CCC(COC)N[C@@H](C)C(=O)OC. The molecule has 13 heavy (non-hydrogen) atoms. The first-order valence-corrected chi connectivity index (χ1v) is 4.48. The summed E-state index contributed by atoms with van der Waals surface area (Å²) >= 11 is 0. The number of ether oxygens (including phenoxy) is 2. The molecule has 0 saturated carbocycles. The van der Waals surface area contributed by atoms with E-state index in [4.69, 9.17) is 4.74 Å². The van der Waals surface area contributed by atoms with Crippen molar-refractivity contribution in [2.45, 2.75) is 32.4 Å². The van der Waals surface area contributed by atoms with Crippen molar-refractivity contribution >= 4 is 5.97 Å². The summed E-state index contributed by atoms with van der Waals surface area (Å²) in [4.78, 5) is 11.0. The van der Waals surface area contributed by atoms with Crippen LogP contribution in [0.5, 0.6) is 0 Å². The predicted molar refractivity (Wildman–Crippen MR) is 50.6 cm³/mol. The fraction of sp³-hybridized carbons (Fsp3) is 0.889. The van der Waals surface area contributed by atoms with Crippen molar-refractivity contribution in [2.24, 2.45) is 0 Å². The average Bonchev–Trinajstić information content (AvgIpc) is 2.15. The molecule has 78 valence electrons. The van der Waals surface area contributed by atoms with E-state index in [1.54, 1.807) is 14.0 Å². The Labute approximate surface area is 79.6 Å². The Balaban J connectivity index is 3.85. The molecule has 0 spiro atoms. The summed E-state index contributed by atoms with van der Waals surface area (Å²) in [6.07, 6.45) is 0.926. The van der Waals surface area contributed by atoms with Gasteiger partial charge in [0.2, 0.25) is 0 Å². The molecule has 0 heterocycles. The standard InChI is InChI=1S/C9H19NO3/c1-5-8(6-12-3)10-7(2)9(11)13-4/h7-8,10H,5-6H2,1-4H3/t7-,8?/m0/s1. The number of methoxy groups -OCH3 is 2. The smallest absolute Gasteiger partial charge is 0.322 e. The van der Waals surface area contributed by atoms with Crippen LogP contribution in [-0.4, -0.2) is 38.9 Å². The van der Waals surface area contributed by atoms with Crippen molar-refractivity contribution in [3.05, 3.63) is 0 Å². The van der Waals surface area contributed by atoms with Crippen LogP contribution in [0.15, 0.2) is 0 Å². The van der Waals surface area contributed by atoms with E-state index < -0.39 is 0 Å². The van der Waals surface area contributed by atoms with Crippen LogP contribution in [-0.2, 0) is 14.3 Å². The Morgan fingerprint density at radius 3 is 2.46 bits per heavy atom. The number of carbonyl (C=O) groups excluding carboxylic acids is 1. The second kappa shape index (κ2) is 6.86. The van der Waals surface area contributed by atoms with Crippen molar-refractivity contribution in [2.75, 3.05) is 20.8 Å². The number of hydrogen-bond acceptors (Lipinski definition) is 4. The summed E-state index contributed by atoms with van der Waals surface area (Å²) in [5.41, 5.74) is 0. The molecule has 0 radical (unpaired) electrons. The molecule has 0 amide bonds. The largest absolute Gasteiger partial charge is 0.468 e. The first-order valence-electron chi connectivity index (χ1n) is 4.48. The van der Waals surface area contributed by atoms with Crippen LogP contribution in [0.1, 0.15) is 20.3 Å². The average molecular weight is 189 g/mol. The van der Waals surface area contributed by atoms with Gasteiger partial charge in [-0.1, -0.05) is 6.92 Å². The van der Waals surface area contributed by atoms with E-state index >= 15 is 0 Å². The lowest BCUT2D eigenvalue weighted by molar-refractivity contribution is -0.142. The van der Waals surface area contributed by atoms with E-state index in [-0.39, 0.29) is 18.1 Å². The zero-order valence-corrected chi connectivity index (χ0v) is 8.79. The van der Waals surface area contributed by atoms with Crippen molar-refractivity contribution in [1.82, 2.24) is 5.32 Å². The minimum absolute atomic E-state index is 0.207. The van der Waals surface area contributed by atoms with Gasteiger partial charge >= 0.3 is 5.97 Å². The molecule has 0 aromatic carbocycles. The Morgan fingerprint density at radius 1 is 1.46 bits per heavy atom. The lowest BCUT2D eigenvalue weighted by atomic mass is 10.2. The molecule has 4 heteroatoms. The van der Waals surface area contributed by atoms with E-state index in [0.29, 0.717) is 6.61 Å². The number of esters is 1. The zero-order chi connectivity index (χ0) is 10.3. The van der Waals surface area contributed by atoms with Gasteiger partial charge in [-0.25, -0.2) is 0 Å². The summed E-state index contributed by atoms with van der Waals surface area (Å²) in [7, 11) is 3.03. The third kappa shape index (κ3) is 4.85. The maximum Gasteiger partial charge on any atom is 0.322 e. The van der Waals surface area contributed by atoms with Crippen molar-refractivity contribution < 1.29 is 14.3 Å². The summed E-state index contributed by atoms with van der Waals surface area (Å²) in [6.45, 7) is 4.43. The van der Waals surface area contributed by atoms with Gasteiger partial charge in [-0.3, -0.25) is 10.1 Å². The first kappa shape index (κ1) is 12.4. The molecule has 0 aliphatic heterocycles. The number of hydrogen-bond donors (Lipinski definition) is 1. The van der Waals surface area contributed by atoms with Crippen molar-refractivity contribution in [3.63, 3.8) is 0 Å². The second-order valence-corrected chi connectivity index (χ2v) is 2.97. The first-order chi connectivity index (χ1) is 6.15. The van der Waals surface area contributed by atoms with Gasteiger partial charge in [0.05, 0.1) is 13.7 Å². The summed E-state index contributed by atoms with van der Waals surface area (Å²) in [5, 5.41) is 3.12. The van der Waals surface area contributed by atoms with Gasteiger partial charge in [-0.15, -0.1) is 0 Å². The fourth-order valence-corrected chi connectivity index (χ4v) is 1.08. The van der Waals surface area contributed by atoms with Crippen LogP contribution in [0.2, 0.25) is 0 Å². The van der Waals surface area contributed by atoms with Gasteiger partial charge in [0.25, 0.3) is 0 Å². The van der Waals surface area contributed by atoms with E-state index in [2.05, 4.69) is 10.1 Å². The van der Waals surface area contributed by atoms with Crippen molar-refractivity contribution in [1.29, 1.82) is 0 Å². The third-order valence-electron chi connectivity index (χ3n) is 1.90. The van der Waals surface area contributed by atoms with E-state index in [1.165, 1.54) is 7.11 Å². The fourth-order valence-electron chi connectivity index (χ4n) is 1.08. The minimum atomic E-state index is -0.273. The van der Waals surface area contributed by atoms with Crippen LogP contribution < -0.4 is 5.32 Å².